The van der Waals surface area contributed by atoms with Crippen LogP contribution in [0.1, 0.15) is 53.0 Å². The number of carbonyl (C=O) groups excluding carboxylic acids is 2. The van der Waals surface area contributed by atoms with Crippen LogP contribution in [0.3, 0.4) is 0 Å². The summed E-state index contributed by atoms with van der Waals surface area (Å²) < 4.78 is 4.78. The van der Waals surface area contributed by atoms with Crippen LogP contribution in [-0.4, -0.2) is 35.0 Å². The molecular weight excluding hydrogens is 332 g/mol. The number of hydrogen-bond acceptors (Lipinski definition) is 6. The van der Waals surface area contributed by atoms with E-state index in [1.807, 2.05) is 0 Å². The average molecular weight is 354 g/mol. The van der Waals surface area contributed by atoms with Crippen LogP contribution in [0.15, 0.2) is 36.5 Å². The third kappa shape index (κ3) is 4.36. The second-order valence-electron chi connectivity index (χ2n) is 6.24. The number of nitrogens with zero attached hydrogens (tertiary/aromatic N) is 2. The monoisotopic (exact) mass is 354 g/mol. The minimum absolute atomic E-state index is 0.205. The maximum atomic E-state index is 12.4. The molecule has 0 spiro atoms. The zero-order chi connectivity index (χ0) is 18.4. The van der Waals surface area contributed by atoms with Crippen LogP contribution in [-0.2, 0) is 4.74 Å². The van der Waals surface area contributed by atoms with Gasteiger partial charge in [-0.2, -0.15) is 0 Å². The summed E-state index contributed by atoms with van der Waals surface area (Å²) in [5.41, 5.74) is 1.18. The van der Waals surface area contributed by atoms with Gasteiger partial charge in [0.2, 0.25) is 5.95 Å². The number of hydrogen-bond donors (Lipinski definition) is 2. The van der Waals surface area contributed by atoms with Crippen LogP contribution in [0.25, 0.3) is 0 Å². The fourth-order valence-corrected chi connectivity index (χ4v) is 3.05. The van der Waals surface area contributed by atoms with E-state index in [-0.39, 0.29) is 17.9 Å². The lowest BCUT2D eigenvalue weighted by Crippen LogP contribution is -2.36. The highest BCUT2D eigenvalue weighted by atomic mass is 16.5. The van der Waals surface area contributed by atoms with Crippen LogP contribution in [0.2, 0.25) is 0 Å². The highest BCUT2D eigenvalue weighted by Crippen LogP contribution is 2.20. The Morgan fingerprint density at radius 1 is 1.12 bits per heavy atom. The number of carbonyl (C=O) groups is 2. The molecule has 0 bridgehead atoms. The van der Waals surface area contributed by atoms with Crippen LogP contribution >= 0.6 is 0 Å². The number of benzene rings is 1. The van der Waals surface area contributed by atoms with E-state index in [4.69, 9.17) is 4.74 Å². The molecule has 1 heterocycles. The van der Waals surface area contributed by atoms with Crippen LogP contribution in [0, 0.1) is 0 Å². The van der Waals surface area contributed by atoms with Gasteiger partial charge in [0, 0.05) is 12.2 Å². The Bertz CT molecular complexity index is 788. The molecule has 3 rings (SSSR count). The first-order valence-corrected chi connectivity index (χ1v) is 8.75. The van der Waals surface area contributed by atoms with Crippen LogP contribution in [0.4, 0.5) is 11.6 Å². The highest BCUT2D eigenvalue weighted by molar-refractivity contribution is 5.96. The van der Waals surface area contributed by atoms with E-state index in [1.165, 1.54) is 19.7 Å². The smallest absolute Gasteiger partial charge is 0.339 e. The first-order chi connectivity index (χ1) is 12.7. The molecule has 1 aromatic carbocycles. The van der Waals surface area contributed by atoms with Gasteiger partial charge < -0.3 is 15.4 Å². The number of methoxy groups -OCH3 is 1. The number of esters is 1. The van der Waals surface area contributed by atoms with Gasteiger partial charge in [-0.15, -0.1) is 0 Å². The summed E-state index contributed by atoms with van der Waals surface area (Å²) in [6, 6.07) is 8.69. The number of aromatic nitrogens is 2. The molecule has 0 atom stereocenters. The van der Waals surface area contributed by atoms with Crippen LogP contribution in [0.5, 0.6) is 0 Å². The predicted octanol–water partition coefficient (Wildman–Crippen LogP) is 3.07. The Labute approximate surface area is 152 Å². The molecule has 0 aliphatic heterocycles. The van der Waals surface area contributed by atoms with Crippen molar-refractivity contribution in [1.82, 2.24) is 15.3 Å². The van der Waals surface area contributed by atoms with E-state index in [1.54, 1.807) is 30.3 Å². The number of para-hydroxylation sites is 1. The molecule has 1 amide bonds. The Balaban J connectivity index is 1.73. The molecule has 7 heteroatoms. The topological polar surface area (TPSA) is 93.2 Å². The van der Waals surface area contributed by atoms with Crippen molar-refractivity contribution in [2.45, 2.75) is 38.1 Å². The van der Waals surface area contributed by atoms with Crippen molar-refractivity contribution >= 4 is 23.5 Å². The van der Waals surface area contributed by atoms with Gasteiger partial charge in [0.25, 0.3) is 5.91 Å². The van der Waals surface area contributed by atoms with Gasteiger partial charge in [0.15, 0.2) is 0 Å². The Morgan fingerprint density at radius 2 is 1.88 bits per heavy atom. The average Bonchev–Trinajstić information content (AvgIpc) is 2.69. The van der Waals surface area contributed by atoms with E-state index in [0.717, 1.165) is 25.7 Å². The predicted molar refractivity (Wildman–Crippen MR) is 97.4 cm³/mol. The van der Waals surface area contributed by atoms with E-state index in [2.05, 4.69) is 20.6 Å². The normalized spacial score (nSPS) is 14.5. The van der Waals surface area contributed by atoms with Gasteiger partial charge in [-0.3, -0.25) is 4.79 Å². The summed E-state index contributed by atoms with van der Waals surface area (Å²) in [5.74, 6) is -0.416. The fourth-order valence-electron chi connectivity index (χ4n) is 3.05. The summed E-state index contributed by atoms with van der Waals surface area (Å²) >= 11 is 0. The first kappa shape index (κ1) is 17.8. The lowest BCUT2D eigenvalue weighted by atomic mass is 9.95. The van der Waals surface area contributed by atoms with Gasteiger partial charge in [-0.25, -0.2) is 14.8 Å². The molecule has 26 heavy (non-hydrogen) atoms. The third-order valence-electron chi connectivity index (χ3n) is 4.41. The zero-order valence-electron chi connectivity index (χ0n) is 14.7. The zero-order valence-corrected chi connectivity index (χ0v) is 14.7. The molecule has 1 aromatic heterocycles. The number of ether oxygens (including phenoxy) is 1. The number of anilines is 2. The largest absolute Gasteiger partial charge is 0.465 e. The molecule has 7 nitrogen and oxygen atoms in total. The van der Waals surface area contributed by atoms with E-state index >= 15 is 0 Å². The highest BCUT2D eigenvalue weighted by Gasteiger charge is 2.18. The third-order valence-corrected chi connectivity index (χ3v) is 4.41. The van der Waals surface area contributed by atoms with Gasteiger partial charge in [-0.1, -0.05) is 31.4 Å². The second kappa shape index (κ2) is 8.42. The minimum Gasteiger partial charge on any atom is -0.465 e. The van der Waals surface area contributed by atoms with Crippen molar-refractivity contribution in [2.24, 2.45) is 0 Å². The quantitative estimate of drug-likeness (QED) is 0.802. The maximum Gasteiger partial charge on any atom is 0.339 e. The molecule has 1 fully saturated rings. The lowest BCUT2D eigenvalue weighted by molar-refractivity contribution is 0.0601. The summed E-state index contributed by atoms with van der Waals surface area (Å²) in [6.07, 6.45) is 7.06. The van der Waals surface area contributed by atoms with Crippen molar-refractivity contribution in [3.8, 4) is 0 Å². The van der Waals surface area contributed by atoms with Crippen LogP contribution < -0.4 is 10.6 Å². The Morgan fingerprint density at radius 3 is 2.65 bits per heavy atom. The standard InChI is InChI=1S/C19H22N4O3/c1-26-18(25)14-9-5-6-10-15(14)22-19-20-12-11-16(23-19)17(24)21-13-7-3-2-4-8-13/h5-6,9-13H,2-4,7-8H2,1H3,(H,21,24)(H,20,22,23). The SMILES string of the molecule is COC(=O)c1ccccc1Nc1nccc(C(=O)NC2CCCCC2)n1. The van der Waals surface area contributed by atoms with Gasteiger partial charge >= 0.3 is 5.97 Å². The summed E-state index contributed by atoms with van der Waals surface area (Å²) in [4.78, 5) is 32.7. The molecule has 1 saturated carbocycles. The van der Waals surface area contributed by atoms with E-state index in [0.29, 0.717) is 16.9 Å². The molecule has 0 radical (unpaired) electrons. The number of amides is 1. The van der Waals surface area contributed by atoms with Crippen molar-refractivity contribution in [3.05, 3.63) is 47.8 Å². The second-order valence-corrected chi connectivity index (χ2v) is 6.24. The maximum absolute atomic E-state index is 12.4. The Hall–Kier alpha value is -2.96. The summed E-state index contributed by atoms with van der Waals surface area (Å²) in [7, 11) is 1.33. The number of rotatable bonds is 5. The molecule has 2 N–H and O–H groups in total. The van der Waals surface area contributed by atoms with Crippen molar-refractivity contribution in [3.63, 3.8) is 0 Å². The van der Waals surface area contributed by atoms with E-state index in [9.17, 15) is 9.59 Å². The minimum atomic E-state index is -0.459. The summed E-state index contributed by atoms with van der Waals surface area (Å²) in [5, 5.41) is 6.02. The number of nitrogens with one attached hydrogen (secondary N) is 2. The molecular formula is C19H22N4O3. The lowest BCUT2D eigenvalue weighted by Gasteiger charge is -2.22. The van der Waals surface area contributed by atoms with Gasteiger partial charge in [0.1, 0.15) is 5.69 Å². The van der Waals surface area contributed by atoms with Gasteiger partial charge in [0.05, 0.1) is 18.4 Å². The van der Waals surface area contributed by atoms with Crippen molar-refractivity contribution in [1.29, 1.82) is 0 Å². The van der Waals surface area contributed by atoms with Crippen molar-refractivity contribution in [2.75, 3.05) is 12.4 Å². The van der Waals surface area contributed by atoms with E-state index < -0.39 is 5.97 Å². The molecule has 1 aliphatic carbocycles. The first-order valence-electron chi connectivity index (χ1n) is 8.75. The molecule has 2 aromatic rings. The molecule has 1 aliphatic rings. The molecule has 136 valence electrons. The molecule has 0 unspecified atom stereocenters. The Kier molecular flexibility index (Phi) is 5.78. The summed E-state index contributed by atoms with van der Waals surface area (Å²) in [6.45, 7) is 0. The fraction of sp³-hybridized carbons (Fsp3) is 0.368. The molecule has 0 saturated heterocycles. The van der Waals surface area contributed by atoms with Crippen molar-refractivity contribution < 1.29 is 14.3 Å². The van der Waals surface area contributed by atoms with Gasteiger partial charge in [-0.05, 0) is 31.0 Å².